The molecule has 1 atom stereocenters. The van der Waals surface area contributed by atoms with Gasteiger partial charge in [0.25, 0.3) is 5.91 Å². The van der Waals surface area contributed by atoms with E-state index in [-0.39, 0.29) is 24.3 Å². The number of carbonyl (C=O) groups excluding carboxylic acids is 2. The van der Waals surface area contributed by atoms with E-state index in [9.17, 15) is 9.59 Å². The van der Waals surface area contributed by atoms with E-state index in [0.29, 0.717) is 32.0 Å². The van der Waals surface area contributed by atoms with Crippen molar-refractivity contribution in [3.8, 4) is 0 Å². The number of hydrogen-bond donors (Lipinski definition) is 0. The zero-order chi connectivity index (χ0) is 16.7. The lowest BCUT2D eigenvalue weighted by Gasteiger charge is -2.39. The average molecular weight is 330 g/mol. The van der Waals surface area contributed by atoms with Crippen LogP contribution in [0, 0.1) is 6.92 Å². The molecular weight excluding hydrogens is 308 g/mol. The molecule has 1 aromatic rings. The fourth-order valence-corrected chi connectivity index (χ4v) is 3.83. The molecule has 0 saturated carbocycles. The number of amides is 2. The summed E-state index contributed by atoms with van der Waals surface area (Å²) in [5.41, 5.74) is 1.77. The number of aryl methyl sites for hydroxylation is 1. The molecule has 24 heavy (non-hydrogen) atoms. The SMILES string of the molecule is Cc1ccc(N2C(=O)C[C@H](N3CCC4(CC3)OCCO4)C2=O)cc1. The molecule has 2 amide bonds. The van der Waals surface area contributed by atoms with Crippen LogP contribution >= 0.6 is 0 Å². The van der Waals surface area contributed by atoms with Crippen LogP contribution in [0.15, 0.2) is 24.3 Å². The van der Waals surface area contributed by atoms with Crippen molar-refractivity contribution in [2.24, 2.45) is 0 Å². The van der Waals surface area contributed by atoms with Gasteiger partial charge < -0.3 is 9.47 Å². The van der Waals surface area contributed by atoms with E-state index in [1.807, 2.05) is 31.2 Å². The largest absolute Gasteiger partial charge is 0.347 e. The molecule has 3 aliphatic heterocycles. The van der Waals surface area contributed by atoms with Crippen LogP contribution in [0.5, 0.6) is 0 Å². The molecule has 6 nitrogen and oxygen atoms in total. The highest BCUT2D eigenvalue weighted by atomic mass is 16.7. The van der Waals surface area contributed by atoms with Gasteiger partial charge in [-0.2, -0.15) is 0 Å². The molecule has 3 saturated heterocycles. The van der Waals surface area contributed by atoms with Gasteiger partial charge in [-0.1, -0.05) is 17.7 Å². The zero-order valence-electron chi connectivity index (χ0n) is 13.9. The second kappa shape index (κ2) is 5.95. The molecule has 0 N–H and O–H groups in total. The highest BCUT2D eigenvalue weighted by molar-refractivity contribution is 6.22. The highest BCUT2D eigenvalue weighted by Crippen LogP contribution is 2.34. The number of imide groups is 1. The third-order valence-corrected chi connectivity index (χ3v) is 5.23. The summed E-state index contributed by atoms with van der Waals surface area (Å²) in [6, 6.07) is 7.14. The lowest BCUT2D eigenvalue weighted by Crippen LogP contribution is -2.51. The number of carbonyl (C=O) groups is 2. The number of benzene rings is 1. The maximum Gasteiger partial charge on any atom is 0.251 e. The summed E-state index contributed by atoms with van der Waals surface area (Å²) in [4.78, 5) is 28.6. The third-order valence-electron chi connectivity index (χ3n) is 5.23. The first-order valence-corrected chi connectivity index (χ1v) is 8.53. The van der Waals surface area contributed by atoms with Crippen molar-refractivity contribution in [2.75, 3.05) is 31.2 Å². The molecule has 3 heterocycles. The molecule has 0 bridgehead atoms. The Morgan fingerprint density at radius 3 is 2.29 bits per heavy atom. The summed E-state index contributed by atoms with van der Waals surface area (Å²) < 4.78 is 11.5. The van der Waals surface area contributed by atoms with Crippen LogP contribution in [0.3, 0.4) is 0 Å². The minimum Gasteiger partial charge on any atom is -0.347 e. The normalized spacial score (nSPS) is 27.4. The van der Waals surface area contributed by atoms with Crippen LogP contribution in [0.25, 0.3) is 0 Å². The molecule has 1 aromatic carbocycles. The first-order valence-electron chi connectivity index (χ1n) is 8.53. The van der Waals surface area contributed by atoms with Crippen LogP contribution in [0.2, 0.25) is 0 Å². The smallest absolute Gasteiger partial charge is 0.251 e. The van der Waals surface area contributed by atoms with Crippen LogP contribution in [0.4, 0.5) is 5.69 Å². The van der Waals surface area contributed by atoms with Crippen LogP contribution in [0.1, 0.15) is 24.8 Å². The Bertz CT molecular complexity index is 641. The highest BCUT2D eigenvalue weighted by Gasteiger charge is 2.47. The standard InChI is InChI=1S/C18H22N2O4/c1-13-2-4-14(5-3-13)20-16(21)12-15(17(20)22)19-8-6-18(7-9-19)23-10-11-24-18/h2-5,15H,6-12H2,1H3/t15-/m0/s1. The molecule has 0 aromatic heterocycles. The van der Waals surface area contributed by atoms with Crippen LogP contribution < -0.4 is 4.90 Å². The van der Waals surface area contributed by atoms with Crippen molar-refractivity contribution in [1.29, 1.82) is 0 Å². The van der Waals surface area contributed by atoms with Crippen molar-refractivity contribution >= 4 is 17.5 Å². The van der Waals surface area contributed by atoms with Gasteiger partial charge in [-0.15, -0.1) is 0 Å². The molecule has 3 aliphatic rings. The maximum absolute atomic E-state index is 12.8. The first-order chi connectivity index (χ1) is 11.6. The van der Waals surface area contributed by atoms with E-state index in [0.717, 1.165) is 18.4 Å². The minimum absolute atomic E-state index is 0.118. The van der Waals surface area contributed by atoms with Crippen LogP contribution in [-0.2, 0) is 19.1 Å². The van der Waals surface area contributed by atoms with Gasteiger partial charge in [0.15, 0.2) is 5.79 Å². The van der Waals surface area contributed by atoms with Crippen molar-refractivity contribution in [2.45, 2.75) is 38.0 Å². The molecule has 1 spiro atoms. The van der Waals surface area contributed by atoms with Gasteiger partial charge in [0.2, 0.25) is 5.91 Å². The number of rotatable bonds is 2. The monoisotopic (exact) mass is 330 g/mol. The Morgan fingerprint density at radius 1 is 1.04 bits per heavy atom. The van der Waals surface area contributed by atoms with E-state index in [2.05, 4.69) is 4.90 Å². The predicted octanol–water partition coefficient (Wildman–Crippen LogP) is 1.47. The third kappa shape index (κ3) is 2.64. The van der Waals surface area contributed by atoms with Crippen molar-refractivity contribution in [3.63, 3.8) is 0 Å². The second-order valence-electron chi connectivity index (χ2n) is 6.77. The van der Waals surface area contributed by atoms with Gasteiger partial charge in [0, 0.05) is 25.9 Å². The van der Waals surface area contributed by atoms with Crippen molar-refractivity contribution in [1.82, 2.24) is 4.90 Å². The fourth-order valence-electron chi connectivity index (χ4n) is 3.83. The maximum atomic E-state index is 12.8. The Balaban J connectivity index is 1.47. The van der Waals surface area contributed by atoms with E-state index >= 15 is 0 Å². The van der Waals surface area contributed by atoms with Gasteiger partial charge >= 0.3 is 0 Å². The Labute approximate surface area is 141 Å². The Kier molecular flexibility index (Phi) is 3.90. The number of ether oxygens (including phenoxy) is 2. The zero-order valence-corrected chi connectivity index (χ0v) is 13.9. The number of nitrogens with zero attached hydrogens (tertiary/aromatic N) is 2. The summed E-state index contributed by atoms with van der Waals surface area (Å²) in [6.45, 7) is 4.69. The lowest BCUT2D eigenvalue weighted by atomic mass is 10.0. The van der Waals surface area contributed by atoms with Gasteiger partial charge in [-0.25, -0.2) is 4.90 Å². The summed E-state index contributed by atoms with van der Waals surface area (Å²) in [5, 5.41) is 0. The molecular formula is C18H22N2O4. The van der Waals surface area contributed by atoms with Crippen molar-refractivity contribution < 1.29 is 19.1 Å². The molecule has 0 unspecified atom stereocenters. The molecule has 128 valence electrons. The minimum atomic E-state index is -0.460. The van der Waals surface area contributed by atoms with Gasteiger partial charge in [0.05, 0.1) is 31.4 Å². The second-order valence-corrected chi connectivity index (χ2v) is 6.77. The average Bonchev–Trinajstić information content (AvgIpc) is 3.15. The summed E-state index contributed by atoms with van der Waals surface area (Å²) >= 11 is 0. The molecule has 0 aliphatic carbocycles. The molecule has 0 radical (unpaired) electrons. The van der Waals surface area contributed by atoms with E-state index in [1.54, 1.807) is 0 Å². The van der Waals surface area contributed by atoms with E-state index in [1.165, 1.54) is 4.90 Å². The summed E-state index contributed by atoms with van der Waals surface area (Å²) in [7, 11) is 0. The quantitative estimate of drug-likeness (QED) is 0.769. The molecule has 3 fully saturated rings. The molecule has 6 heteroatoms. The lowest BCUT2D eigenvalue weighted by molar-refractivity contribution is -0.188. The predicted molar refractivity (Wildman–Crippen MR) is 87.5 cm³/mol. The van der Waals surface area contributed by atoms with Crippen LogP contribution in [-0.4, -0.2) is 54.8 Å². The van der Waals surface area contributed by atoms with E-state index in [4.69, 9.17) is 9.47 Å². The van der Waals surface area contributed by atoms with Gasteiger partial charge in [-0.3, -0.25) is 14.5 Å². The van der Waals surface area contributed by atoms with Gasteiger partial charge in [0.1, 0.15) is 0 Å². The molecule has 4 rings (SSSR count). The number of likely N-dealkylation sites (tertiary alicyclic amines) is 1. The first kappa shape index (κ1) is 15.7. The Hall–Kier alpha value is -1.76. The van der Waals surface area contributed by atoms with Gasteiger partial charge in [-0.05, 0) is 19.1 Å². The number of anilines is 1. The Morgan fingerprint density at radius 2 is 1.67 bits per heavy atom. The summed E-state index contributed by atoms with van der Waals surface area (Å²) in [5.74, 6) is -0.700. The van der Waals surface area contributed by atoms with Crippen molar-refractivity contribution in [3.05, 3.63) is 29.8 Å². The summed E-state index contributed by atoms with van der Waals surface area (Å²) in [6.07, 6.45) is 1.74. The topological polar surface area (TPSA) is 59.1 Å². The van der Waals surface area contributed by atoms with E-state index < -0.39 is 5.79 Å². The fraction of sp³-hybridized carbons (Fsp3) is 0.556. The number of piperidine rings is 1. The number of hydrogen-bond acceptors (Lipinski definition) is 5.